The van der Waals surface area contributed by atoms with E-state index in [4.69, 9.17) is 5.11 Å². The highest BCUT2D eigenvalue weighted by molar-refractivity contribution is 7.91. The molecule has 0 radical (unpaired) electrons. The van der Waals surface area contributed by atoms with Crippen molar-refractivity contribution in [2.24, 2.45) is 0 Å². The molecule has 2 aromatic rings. The number of carbonyl (C=O) groups is 2. The Morgan fingerprint density at radius 1 is 1.04 bits per heavy atom. The van der Waals surface area contributed by atoms with E-state index >= 15 is 0 Å². The normalized spacial score (nSPS) is 18.4. The van der Waals surface area contributed by atoms with Gasteiger partial charge in [0.1, 0.15) is 5.75 Å². The summed E-state index contributed by atoms with van der Waals surface area (Å²) >= 11 is -1.47. The molecule has 1 unspecified atom stereocenters. The molecule has 1 aliphatic heterocycles. The molecule has 0 bridgehead atoms. The number of aryl methyl sites for hydroxylation is 2. The molecule has 0 saturated heterocycles. The zero-order valence-electron chi connectivity index (χ0n) is 12.7. The molecule has 122 valence electrons. The Balaban J connectivity index is 1.83. The third-order valence-electron chi connectivity index (χ3n) is 4.54. The summed E-state index contributed by atoms with van der Waals surface area (Å²) in [6.45, 7) is 0. The molecule has 24 heavy (non-hydrogen) atoms. The molecule has 0 amide bonds. The molecule has 0 spiro atoms. The maximum Gasteiger partial charge on any atom is 0.511 e. The van der Waals surface area contributed by atoms with Crippen LogP contribution in [0.1, 0.15) is 33.5 Å². The monoisotopic (exact) mass is 342 g/mol. The number of Topliss-reactive ketones (excluding diaryl/α,β-unsaturated/α-hetero) is 1. The Labute approximate surface area is 141 Å². The molecule has 1 atom stereocenters. The fourth-order valence-corrected chi connectivity index (χ4v) is 4.97. The van der Waals surface area contributed by atoms with E-state index < -0.39 is 17.3 Å². The van der Waals surface area contributed by atoms with Crippen LogP contribution in [-0.2, 0) is 30.4 Å². The third-order valence-corrected chi connectivity index (χ3v) is 6.11. The smallest absolute Gasteiger partial charge is 0.511 e. The van der Waals surface area contributed by atoms with E-state index in [2.05, 4.69) is 4.74 Å². The van der Waals surface area contributed by atoms with Crippen molar-refractivity contribution in [1.29, 1.82) is 0 Å². The molecule has 0 fully saturated rings. The van der Waals surface area contributed by atoms with E-state index in [0.29, 0.717) is 29.1 Å². The first-order valence-electron chi connectivity index (χ1n) is 7.68. The summed E-state index contributed by atoms with van der Waals surface area (Å²) in [6.07, 6.45) is 1.17. The van der Waals surface area contributed by atoms with Crippen molar-refractivity contribution in [2.75, 3.05) is 0 Å². The van der Waals surface area contributed by atoms with Gasteiger partial charge in [-0.1, -0.05) is 12.1 Å². The van der Waals surface area contributed by atoms with E-state index in [1.807, 2.05) is 12.1 Å². The Bertz CT molecular complexity index is 874. The minimum absolute atomic E-state index is 0.125. The standard InChI is InChI=1S/C18H14O5S/c19-14-7-3-11-4-8-15-13(17(11)14)6-2-10-1-5-12(23-18(20)21)9-16(10)24(15)22/h1,4-5,8-9H,2-3,6-7H2,(H,20,21). The van der Waals surface area contributed by atoms with E-state index in [1.165, 1.54) is 6.07 Å². The predicted molar refractivity (Wildman–Crippen MR) is 86.3 cm³/mol. The zero-order valence-corrected chi connectivity index (χ0v) is 13.5. The largest absolute Gasteiger partial charge is 0.606 e. The highest BCUT2D eigenvalue weighted by Gasteiger charge is 2.33. The summed E-state index contributed by atoms with van der Waals surface area (Å²) in [7, 11) is 0. The highest BCUT2D eigenvalue weighted by Crippen LogP contribution is 2.38. The quantitative estimate of drug-likeness (QED) is 0.489. The molecule has 1 aliphatic carbocycles. The third kappa shape index (κ3) is 2.39. The molecule has 1 N–H and O–H groups in total. The van der Waals surface area contributed by atoms with Crippen molar-refractivity contribution >= 4 is 23.1 Å². The fourth-order valence-electron chi connectivity index (χ4n) is 3.48. The maximum absolute atomic E-state index is 13.1. The Morgan fingerprint density at radius 3 is 2.58 bits per heavy atom. The van der Waals surface area contributed by atoms with Gasteiger partial charge in [-0.25, -0.2) is 4.79 Å². The number of benzene rings is 2. The number of ether oxygens (including phenoxy) is 1. The first-order valence-corrected chi connectivity index (χ1v) is 8.83. The molecule has 4 rings (SSSR count). The van der Waals surface area contributed by atoms with Gasteiger partial charge in [0.05, 0.1) is 0 Å². The first-order chi connectivity index (χ1) is 11.5. The molecule has 5 nitrogen and oxygen atoms in total. The number of rotatable bonds is 1. The van der Waals surface area contributed by atoms with Crippen molar-refractivity contribution in [3.8, 4) is 5.75 Å². The van der Waals surface area contributed by atoms with Gasteiger partial charge in [0.15, 0.2) is 15.6 Å². The Kier molecular flexibility index (Phi) is 3.58. The van der Waals surface area contributed by atoms with Gasteiger partial charge < -0.3 is 14.4 Å². The number of fused-ring (bicyclic) bond motifs is 4. The first kappa shape index (κ1) is 15.2. The summed E-state index contributed by atoms with van der Waals surface area (Å²) in [6, 6.07) is 8.56. The van der Waals surface area contributed by atoms with Gasteiger partial charge in [-0.2, -0.15) is 0 Å². The van der Waals surface area contributed by atoms with Crippen molar-refractivity contribution in [3.63, 3.8) is 0 Å². The SMILES string of the molecule is O=C(O)Oc1ccc2c(c1)[S+]([O-])c1ccc3c(c1CC2)C(=O)CC3. The molecule has 2 aliphatic rings. The lowest BCUT2D eigenvalue weighted by Gasteiger charge is -2.14. The summed E-state index contributed by atoms with van der Waals surface area (Å²) in [5, 5.41) is 8.75. The minimum atomic E-state index is -1.47. The van der Waals surface area contributed by atoms with Gasteiger partial charge in [0.25, 0.3) is 0 Å². The predicted octanol–water partition coefficient (Wildman–Crippen LogP) is 3.14. The second-order valence-corrected chi connectivity index (χ2v) is 7.32. The maximum atomic E-state index is 13.1. The Morgan fingerprint density at radius 2 is 1.79 bits per heavy atom. The lowest BCUT2D eigenvalue weighted by Crippen LogP contribution is -2.09. The van der Waals surface area contributed by atoms with Crippen LogP contribution in [-0.4, -0.2) is 21.6 Å². The van der Waals surface area contributed by atoms with Gasteiger partial charge in [0.2, 0.25) is 0 Å². The van der Waals surface area contributed by atoms with Crippen LogP contribution in [0.3, 0.4) is 0 Å². The van der Waals surface area contributed by atoms with Gasteiger partial charge in [-0.3, -0.25) is 4.79 Å². The van der Waals surface area contributed by atoms with E-state index in [1.54, 1.807) is 12.1 Å². The van der Waals surface area contributed by atoms with Gasteiger partial charge in [0, 0.05) is 40.4 Å². The van der Waals surface area contributed by atoms with Crippen LogP contribution in [0.4, 0.5) is 4.79 Å². The molecule has 0 saturated carbocycles. The second-order valence-electron chi connectivity index (χ2n) is 5.91. The van der Waals surface area contributed by atoms with Gasteiger partial charge in [-0.15, -0.1) is 0 Å². The van der Waals surface area contributed by atoms with Gasteiger partial charge in [-0.05, 0) is 37.0 Å². The topological polar surface area (TPSA) is 86.7 Å². The lowest BCUT2D eigenvalue weighted by atomic mass is 9.97. The van der Waals surface area contributed by atoms with Crippen LogP contribution < -0.4 is 4.74 Å². The highest BCUT2D eigenvalue weighted by atomic mass is 32.2. The number of hydrogen-bond donors (Lipinski definition) is 1. The van der Waals surface area contributed by atoms with Crippen LogP contribution in [0.5, 0.6) is 5.75 Å². The van der Waals surface area contributed by atoms with Crippen LogP contribution in [0.2, 0.25) is 0 Å². The lowest BCUT2D eigenvalue weighted by molar-refractivity contribution is 0.0993. The molecule has 2 aromatic carbocycles. The van der Waals surface area contributed by atoms with Crippen LogP contribution >= 0.6 is 0 Å². The number of hydrogen-bond acceptors (Lipinski definition) is 4. The zero-order chi connectivity index (χ0) is 16.8. The van der Waals surface area contributed by atoms with Crippen molar-refractivity contribution in [1.82, 2.24) is 0 Å². The van der Waals surface area contributed by atoms with Crippen molar-refractivity contribution in [3.05, 3.63) is 52.6 Å². The summed E-state index contributed by atoms with van der Waals surface area (Å²) in [4.78, 5) is 24.1. The van der Waals surface area contributed by atoms with E-state index in [9.17, 15) is 14.1 Å². The molecule has 0 aromatic heterocycles. The van der Waals surface area contributed by atoms with E-state index in [-0.39, 0.29) is 11.5 Å². The molecular weight excluding hydrogens is 328 g/mol. The van der Waals surface area contributed by atoms with Crippen LogP contribution in [0.25, 0.3) is 0 Å². The summed E-state index contributed by atoms with van der Waals surface area (Å²) in [5.41, 5.74) is 3.55. The molecular formula is C18H14O5S. The van der Waals surface area contributed by atoms with Crippen molar-refractivity contribution in [2.45, 2.75) is 35.5 Å². The van der Waals surface area contributed by atoms with Gasteiger partial charge >= 0.3 is 6.16 Å². The second kappa shape index (κ2) is 5.65. The number of carbonyl (C=O) groups excluding carboxylic acids is 1. The fraction of sp³-hybridized carbons (Fsp3) is 0.222. The number of carboxylic acid groups (broad SMARTS) is 1. The van der Waals surface area contributed by atoms with Crippen LogP contribution in [0, 0.1) is 0 Å². The van der Waals surface area contributed by atoms with Crippen LogP contribution in [0.15, 0.2) is 40.1 Å². The molecule has 1 heterocycles. The summed E-state index contributed by atoms with van der Waals surface area (Å²) < 4.78 is 17.7. The molecule has 6 heteroatoms. The summed E-state index contributed by atoms with van der Waals surface area (Å²) in [5.74, 6) is 0.273. The number of ketones is 1. The minimum Gasteiger partial charge on any atom is -0.606 e. The van der Waals surface area contributed by atoms with Crippen molar-refractivity contribution < 1.29 is 24.0 Å². The van der Waals surface area contributed by atoms with E-state index in [0.717, 1.165) is 28.7 Å². The Hall–Kier alpha value is -2.31. The average molecular weight is 342 g/mol. The average Bonchev–Trinajstić information content (AvgIpc) is 2.87.